The molecule has 1 aliphatic heterocycles. The molecule has 1 aromatic rings. The molecule has 90 valence electrons. The van der Waals surface area contributed by atoms with Gasteiger partial charge in [0, 0.05) is 0 Å². The van der Waals surface area contributed by atoms with Gasteiger partial charge in [-0.3, -0.25) is 0 Å². The van der Waals surface area contributed by atoms with Crippen molar-refractivity contribution in [3.63, 3.8) is 0 Å². The Morgan fingerprint density at radius 1 is 1.35 bits per heavy atom. The zero-order valence-electron chi connectivity index (χ0n) is 9.94. The van der Waals surface area contributed by atoms with Crippen LogP contribution in [0, 0.1) is 0 Å². The molecule has 0 saturated heterocycles. The van der Waals surface area contributed by atoms with Gasteiger partial charge in [0.2, 0.25) is 0 Å². The fourth-order valence-electron chi connectivity index (χ4n) is 1.94. The Morgan fingerprint density at radius 3 is 2.82 bits per heavy atom. The van der Waals surface area contributed by atoms with E-state index in [1.807, 2.05) is 37.3 Å². The first-order valence-electron chi connectivity index (χ1n) is 5.85. The number of carbonyl (C=O) groups is 1. The van der Waals surface area contributed by atoms with E-state index in [1.54, 1.807) is 0 Å². The minimum absolute atomic E-state index is 0.258. The fraction of sp³-hybridized carbons (Fsp3) is 0.357. The largest absolute Gasteiger partial charge is 0.463 e. The highest BCUT2D eigenvalue weighted by atomic mass is 16.5. The first-order chi connectivity index (χ1) is 8.33. The van der Waals surface area contributed by atoms with Gasteiger partial charge in [-0.15, -0.1) is 0 Å². The Balaban J connectivity index is 2.35. The zero-order valence-corrected chi connectivity index (χ0v) is 9.94. The lowest BCUT2D eigenvalue weighted by Crippen LogP contribution is -2.19. The van der Waals surface area contributed by atoms with Gasteiger partial charge in [0.05, 0.1) is 25.4 Å². The summed E-state index contributed by atoms with van der Waals surface area (Å²) in [5, 5.41) is 0. The number of rotatable bonds is 3. The van der Waals surface area contributed by atoms with Crippen LogP contribution in [0.5, 0.6) is 0 Å². The van der Waals surface area contributed by atoms with Gasteiger partial charge in [0.15, 0.2) is 0 Å². The Labute approximate surface area is 101 Å². The van der Waals surface area contributed by atoms with Crippen molar-refractivity contribution < 1.29 is 14.3 Å². The Hall–Kier alpha value is -1.61. The smallest absolute Gasteiger partial charge is 0.336 e. The molecule has 0 radical (unpaired) electrons. The third-order valence-electron chi connectivity index (χ3n) is 2.75. The second-order valence-electron chi connectivity index (χ2n) is 3.85. The third-order valence-corrected chi connectivity index (χ3v) is 2.75. The molecule has 0 saturated carbocycles. The van der Waals surface area contributed by atoms with E-state index in [1.165, 1.54) is 0 Å². The minimum Gasteiger partial charge on any atom is -0.463 e. The van der Waals surface area contributed by atoms with E-state index in [9.17, 15) is 4.79 Å². The van der Waals surface area contributed by atoms with Gasteiger partial charge in [0.25, 0.3) is 0 Å². The van der Waals surface area contributed by atoms with Gasteiger partial charge < -0.3 is 9.47 Å². The maximum absolute atomic E-state index is 11.8. The standard InChI is InChI=1S/C14H16O3/c1-2-17-14(15)13-10-16-9-8-12(13)11-6-4-3-5-7-11/h3-7H,2,8-10H2,1H3. The minimum atomic E-state index is -0.258. The number of carbonyl (C=O) groups excluding carboxylic acids is 1. The van der Waals surface area contributed by atoms with Crippen LogP contribution in [0.1, 0.15) is 18.9 Å². The lowest BCUT2D eigenvalue weighted by molar-refractivity contribution is -0.139. The van der Waals surface area contributed by atoms with Crippen LogP contribution in [-0.4, -0.2) is 25.8 Å². The number of benzene rings is 1. The van der Waals surface area contributed by atoms with Gasteiger partial charge in [-0.1, -0.05) is 30.3 Å². The summed E-state index contributed by atoms with van der Waals surface area (Å²) in [4.78, 5) is 11.8. The Bertz CT molecular complexity index is 420. The summed E-state index contributed by atoms with van der Waals surface area (Å²) in [6.07, 6.45) is 0.762. The SMILES string of the molecule is CCOC(=O)C1=C(c2ccccc2)CCOC1. The Morgan fingerprint density at radius 2 is 2.12 bits per heavy atom. The quantitative estimate of drug-likeness (QED) is 0.751. The van der Waals surface area contributed by atoms with Crippen molar-refractivity contribution in [2.75, 3.05) is 19.8 Å². The van der Waals surface area contributed by atoms with Gasteiger partial charge in [-0.05, 0) is 24.5 Å². The van der Waals surface area contributed by atoms with E-state index >= 15 is 0 Å². The molecule has 1 aromatic carbocycles. The highest BCUT2D eigenvalue weighted by Crippen LogP contribution is 2.26. The van der Waals surface area contributed by atoms with Crippen LogP contribution in [-0.2, 0) is 14.3 Å². The van der Waals surface area contributed by atoms with Crippen LogP contribution in [0.15, 0.2) is 35.9 Å². The molecule has 0 atom stereocenters. The summed E-state index contributed by atoms with van der Waals surface area (Å²) < 4.78 is 10.4. The molecule has 0 amide bonds. The van der Waals surface area contributed by atoms with Crippen molar-refractivity contribution in [2.24, 2.45) is 0 Å². The van der Waals surface area contributed by atoms with Crippen LogP contribution in [0.3, 0.4) is 0 Å². The molecular weight excluding hydrogens is 216 g/mol. The maximum atomic E-state index is 11.8. The summed E-state index contributed by atoms with van der Waals surface area (Å²) in [6, 6.07) is 9.94. The van der Waals surface area contributed by atoms with E-state index in [-0.39, 0.29) is 5.97 Å². The van der Waals surface area contributed by atoms with E-state index in [4.69, 9.17) is 9.47 Å². The second-order valence-corrected chi connectivity index (χ2v) is 3.85. The van der Waals surface area contributed by atoms with Crippen molar-refractivity contribution in [2.45, 2.75) is 13.3 Å². The van der Waals surface area contributed by atoms with Gasteiger partial charge in [-0.2, -0.15) is 0 Å². The summed E-state index contributed by atoms with van der Waals surface area (Å²) in [6.45, 7) is 3.21. The van der Waals surface area contributed by atoms with Crippen LogP contribution in [0.4, 0.5) is 0 Å². The zero-order chi connectivity index (χ0) is 12.1. The molecule has 17 heavy (non-hydrogen) atoms. The van der Waals surface area contributed by atoms with E-state index < -0.39 is 0 Å². The molecule has 1 heterocycles. The van der Waals surface area contributed by atoms with E-state index in [0.29, 0.717) is 25.4 Å². The monoisotopic (exact) mass is 232 g/mol. The molecule has 0 unspecified atom stereocenters. The molecule has 0 N–H and O–H groups in total. The van der Waals surface area contributed by atoms with E-state index in [2.05, 4.69) is 0 Å². The molecule has 0 fully saturated rings. The van der Waals surface area contributed by atoms with Crippen molar-refractivity contribution >= 4 is 11.5 Å². The number of hydrogen-bond donors (Lipinski definition) is 0. The van der Waals surface area contributed by atoms with Crippen molar-refractivity contribution in [3.8, 4) is 0 Å². The second kappa shape index (κ2) is 5.64. The number of esters is 1. The number of hydrogen-bond acceptors (Lipinski definition) is 3. The molecule has 3 nitrogen and oxygen atoms in total. The van der Waals surface area contributed by atoms with Gasteiger partial charge >= 0.3 is 5.97 Å². The average Bonchev–Trinajstić information content (AvgIpc) is 2.40. The summed E-state index contributed by atoms with van der Waals surface area (Å²) in [5.74, 6) is -0.258. The predicted molar refractivity (Wildman–Crippen MR) is 65.4 cm³/mol. The third kappa shape index (κ3) is 2.74. The van der Waals surface area contributed by atoms with Gasteiger partial charge in [0.1, 0.15) is 0 Å². The molecule has 0 aromatic heterocycles. The van der Waals surface area contributed by atoms with Crippen LogP contribution in [0.25, 0.3) is 5.57 Å². The summed E-state index contributed by atoms with van der Waals surface area (Å²) in [5.41, 5.74) is 2.79. The lowest BCUT2D eigenvalue weighted by Gasteiger charge is -2.19. The molecule has 0 bridgehead atoms. The van der Waals surface area contributed by atoms with Crippen LogP contribution >= 0.6 is 0 Å². The summed E-state index contributed by atoms with van der Waals surface area (Å²) >= 11 is 0. The normalized spacial score (nSPS) is 15.8. The van der Waals surface area contributed by atoms with Gasteiger partial charge in [-0.25, -0.2) is 4.79 Å². The van der Waals surface area contributed by atoms with Crippen molar-refractivity contribution in [3.05, 3.63) is 41.5 Å². The van der Waals surface area contributed by atoms with Crippen LogP contribution in [0.2, 0.25) is 0 Å². The molecule has 1 aliphatic rings. The fourth-order valence-corrected chi connectivity index (χ4v) is 1.94. The van der Waals surface area contributed by atoms with Crippen molar-refractivity contribution in [1.82, 2.24) is 0 Å². The number of ether oxygens (including phenoxy) is 2. The lowest BCUT2D eigenvalue weighted by atomic mass is 9.96. The predicted octanol–water partition coefficient (Wildman–Crippen LogP) is 2.42. The molecule has 0 spiro atoms. The van der Waals surface area contributed by atoms with E-state index in [0.717, 1.165) is 17.6 Å². The first kappa shape index (κ1) is 11.9. The average molecular weight is 232 g/mol. The first-order valence-corrected chi connectivity index (χ1v) is 5.85. The molecule has 0 aliphatic carbocycles. The molecule has 3 heteroatoms. The van der Waals surface area contributed by atoms with Crippen molar-refractivity contribution in [1.29, 1.82) is 0 Å². The molecular formula is C14H16O3. The topological polar surface area (TPSA) is 35.5 Å². The Kier molecular flexibility index (Phi) is 3.94. The maximum Gasteiger partial charge on any atom is 0.336 e. The molecule has 2 rings (SSSR count). The summed E-state index contributed by atoms with van der Waals surface area (Å²) in [7, 11) is 0. The highest BCUT2D eigenvalue weighted by molar-refractivity contribution is 5.98. The van der Waals surface area contributed by atoms with Crippen LogP contribution < -0.4 is 0 Å². The highest BCUT2D eigenvalue weighted by Gasteiger charge is 2.21.